The highest BCUT2D eigenvalue weighted by Gasteiger charge is 2.19. The SMILES string of the molecule is CC/C=C\C/C=C\C/C=C\C/C=C\C/C=C\C/C=C\C/C=C\CCCCCC(=O)OCC(COC(=O)CCCCCCC/C=C\CCCCCCC)OC(=O)CCCCCCCCCCC/C=C\CCCCCCCC. The molecular formula is C70H118O6. The van der Waals surface area contributed by atoms with Gasteiger partial charge in [-0.25, -0.2) is 0 Å². The smallest absolute Gasteiger partial charge is 0.306 e. The molecule has 1 unspecified atom stereocenters. The van der Waals surface area contributed by atoms with E-state index >= 15 is 0 Å². The molecule has 0 aromatic heterocycles. The van der Waals surface area contributed by atoms with Crippen LogP contribution >= 0.6 is 0 Å². The summed E-state index contributed by atoms with van der Waals surface area (Å²) in [5.41, 5.74) is 0. The maximum absolute atomic E-state index is 12.9. The van der Waals surface area contributed by atoms with E-state index in [9.17, 15) is 14.4 Å². The summed E-state index contributed by atoms with van der Waals surface area (Å²) in [5.74, 6) is -0.931. The minimum absolute atomic E-state index is 0.0941. The number of carbonyl (C=O) groups is 3. The molecule has 0 saturated carbocycles. The molecule has 0 bridgehead atoms. The number of ether oxygens (including phenoxy) is 3. The normalized spacial score (nSPS) is 12.8. The molecule has 0 aliphatic carbocycles. The number of unbranched alkanes of at least 4 members (excludes halogenated alkanes) is 28. The second-order valence-electron chi connectivity index (χ2n) is 20.9. The lowest BCUT2D eigenvalue weighted by Gasteiger charge is -2.18. The first-order chi connectivity index (χ1) is 37.5. The Morgan fingerprint density at radius 1 is 0.276 bits per heavy atom. The average Bonchev–Trinajstić information content (AvgIpc) is 3.42. The average molecular weight is 1060 g/mol. The Balaban J connectivity index is 4.44. The minimum atomic E-state index is -0.799. The van der Waals surface area contributed by atoms with E-state index in [1.54, 1.807) is 0 Å². The van der Waals surface area contributed by atoms with Gasteiger partial charge in [0.15, 0.2) is 6.10 Å². The number of hydrogen-bond donors (Lipinski definition) is 0. The summed E-state index contributed by atoms with van der Waals surface area (Å²) in [5, 5.41) is 0. The predicted molar refractivity (Wildman–Crippen MR) is 330 cm³/mol. The standard InChI is InChI=1S/C70H118O6/c1-4-7-10-13-16-19-22-25-28-30-32-33-34-35-36-37-39-40-42-45-48-51-54-57-60-63-69(72)75-66-67(65-74-68(71)62-59-56-53-50-47-44-27-24-21-18-15-12-9-6-3)76-70(73)64-61-58-55-52-49-46-43-41-38-31-29-26-23-20-17-14-11-8-5-2/h7,10,16,19,24-29,32-33,35-36,39-40,45,48,67H,4-6,8-9,11-15,17-18,20-23,30-31,34,37-38,41-44,46-47,49-66H2,1-3H3/b10-7-,19-16-,27-24-,28-25-,29-26-,33-32-,36-35-,40-39-,48-45-. The molecule has 0 spiro atoms. The van der Waals surface area contributed by atoms with Crippen molar-refractivity contribution in [2.45, 2.75) is 303 Å². The van der Waals surface area contributed by atoms with Crippen molar-refractivity contribution in [3.8, 4) is 0 Å². The number of hydrogen-bond acceptors (Lipinski definition) is 6. The summed E-state index contributed by atoms with van der Waals surface area (Å²) in [4.78, 5) is 38.3. The van der Waals surface area contributed by atoms with Gasteiger partial charge in [-0.15, -0.1) is 0 Å². The molecule has 0 heterocycles. The maximum Gasteiger partial charge on any atom is 0.306 e. The fourth-order valence-electron chi connectivity index (χ4n) is 8.71. The molecule has 6 nitrogen and oxygen atoms in total. The van der Waals surface area contributed by atoms with Crippen molar-refractivity contribution >= 4 is 17.9 Å². The number of esters is 3. The number of allylic oxidation sites excluding steroid dienone is 18. The third-order valence-corrected chi connectivity index (χ3v) is 13.5. The molecule has 0 N–H and O–H groups in total. The largest absolute Gasteiger partial charge is 0.462 e. The minimum Gasteiger partial charge on any atom is -0.462 e. The Hall–Kier alpha value is -3.93. The fraction of sp³-hybridized carbons (Fsp3) is 0.700. The van der Waals surface area contributed by atoms with Crippen molar-refractivity contribution in [1.29, 1.82) is 0 Å². The first kappa shape index (κ1) is 72.1. The van der Waals surface area contributed by atoms with E-state index in [2.05, 4.69) is 130 Å². The lowest BCUT2D eigenvalue weighted by Crippen LogP contribution is -2.30. The molecule has 0 saturated heterocycles. The van der Waals surface area contributed by atoms with Gasteiger partial charge in [-0.05, 0) is 128 Å². The van der Waals surface area contributed by atoms with Crippen LogP contribution in [0, 0.1) is 0 Å². The number of rotatable bonds is 57. The van der Waals surface area contributed by atoms with Crippen molar-refractivity contribution in [1.82, 2.24) is 0 Å². The fourth-order valence-corrected chi connectivity index (χ4v) is 8.71. The van der Waals surface area contributed by atoms with Crippen LogP contribution in [0.1, 0.15) is 297 Å². The Labute approximate surface area is 470 Å². The molecule has 0 aliphatic heterocycles. The van der Waals surface area contributed by atoms with E-state index in [0.29, 0.717) is 19.3 Å². The Morgan fingerprint density at radius 2 is 0.513 bits per heavy atom. The third-order valence-electron chi connectivity index (χ3n) is 13.5. The molecular weight excluding hydrogens is 937 g/mol. The van der Waals surface area contributed by atoms with Crippen LogP contribution in [0.2, 0.25) is 0 Å². The van der Waals surface area contributed by atoms with Gasteiger partial charge in [0.05, 0.1) is 0 Å². The lowest BCUT2D eigenvalue weighted by molar-refractivity contribution is -0.167. The van der Waals surface area contributed by atoms with Gasteiger partial charge in [-0.3, -0.25) is 14.4 Å². The molecule has 1 atom stereocenters. The molecule has 0 amide bonds. The van der Waals surface area contributed by atoms with Crippen molar-refractivity contribution < 1.29 is 28.6 Å². The predicted octanol–water partition coefficient (Wildman–Crippen LogP) is 21.8. The summed E-state index contributed by atoms with van der Waals surface area (Å²) in [6.45, 7) is 6.50. The molecule has 6 heteroatoms. The quantitative estimate of drug-likeness (QED) is 0.0261. The van der Waals surface area contributed by atoms with E-state index < -0.39 is 6.10 Å². The van der Waals surface area contributed by atoms with E-state index in [0.717, 1.165) is 116 Å². The second kappa shape index (κ2) is 63.6. The van der Waals surface area contributed by atoms with Gasteiger partial charge in [0.2, 0.25) is 0 Å². The van der Waals surface area contributed by atoms with E-state index in [-0.39, 0.29) is 31.1 Å². The summed E-state index contributed by atoms with van der Waals surface area (Å²) in [6, 6.07) is 0. The number of carbonyl (C=O) groups excluding carboxylic acids is 3. The summed E-state index contributed by atoms with van der Waals surface area (Å²) >= 11 is 0. The Bertz CT molecular complexity index is 1540. The van der Waals surface area contributed by atoms with Gasteiger partial charge in [-0.1, -0.05) is 259 Å². The van der Waals surface area contributed by atoms with Crippen LogP contribution in [0.25, 0.3) is 0 Å². The molecule has 0 rings (SSSR count). The van der Waals surface area contributed by atoms with Crippen LogP contribution in [0.4, 0.5) is 0 Å². The van der Waals surface area contributed by atoms with Gasteiger partial charge in [0, 0.05) is 19.3 Å². The van der Waals surface area contributed by atoms with Crippen LogP contribution in [0.3, 0.4) is 0 Å². The van der Waals surface area contributed by atoms with Crippen LogP contribution in [0.5, 0.6) is 0 Å². The van der Waals surface area contributed by atoms with E-state index in [1.807, 2.05) is 0 Å². The van der Waals surface area contributed by atoms with Gasteiger partial charge < -0.3 is 14.2 Å². The molecule has 0 fully saturated rings. The molecule has 0 radical (unpaired) electrons. The highest BCUT2D eigenvalue weighted by atomic mass is 16.6. The van der Waals surface area contributed by atoms with Crippen molar-refractivity contribution in [2.24, 2.45) is 0 Å². The Kier molecular flexibility index (Phi) is 60.3. The lowest BCUT2D eigenvalue weighted by atomic mass is 10.1. The zero-order chi connectivity index (χ0) is 55.0. The summed E-state index contributed by atoms with van der Waals surface area (Å²) in [6.07, 6.45) is 86.6. The topological polar surface area (TPSA) is 78.9 Å². The van der Waals surface area contributed by atoms with E-state index in [4.69, 9.17) is 14.2 Å². The third kappa shape index (κ3) is 60.9. The molecule has 76 heavy (non-hydrogen) atoms. The summed E-state index contributed by atoms with van der Waals surface area (Å²) < 4.78 is 16.9. The summed E-state index contributed by atoms with van der Waals surface area (Å²) in [7, 11) is 0. The Morgan fingerprint density at radius 3 is 0.829 bits per heavy atom. The molecule has 0 aromatic rings. The van der Waals surface area contributed by atoms with Crippen LogP contribution in [-0.4, -0.2) is 37.2 Å². The maximum atomic E-state index is 12.9. The van der Waals surface area contributed by atoms with Gasteiger partial charge in [0.1, 0.15) is 13.2 Å². The zero-order valence-corrected chi connectivity index (χ0v) is 49.7. The van der Waals surface area contributed by atoms with Crippen LogP contribution in [0.15, 0.2) is 109 Å². The van der Waals surface area contributed by atoms with Crippen LogP contribution in [-0.2, 0) is 28.6 Å². The van der Waals surface area contributed by atoms with Crippen molar-refractivity contribution in [2.75, 3.05) is 13.2 Å². The second-order valence-corrected chi connectivity index (χ2v) is 20.9. The van der Waals surface area contributed by atoms with Gasteiger partial charge >= 0.3 is 17.9 Å². The molecule has 0 aliphatic rings. The highest BCUT2D eigenvalue weighted by molar-refractivity contribution is 5.71. The first-order valence-electron chi connectivity index (χ1n) is 31.9. The van der Waals surface area contributed by atoms with Crippen molar-refractivity contribution in [3.63, 3.8) is 0 Å². The monoisotopic (exact) mass is 1050 g/mol. The highest BCUT2D eigenvalue weighted by Crippen LogP contribution is 2.15. The zero-order valence-electron chi connectivity index (χ0n) is 49.7. The molecule has 0 aromatic carbocycles. The van der Waals surface area contributed by atoms with Crippen LogP contribution < -0.4 is 0 Å². The van der Waals surface area contributed by atoms with Gasteiger partial charge in [-0.2, -0.15) is 0 Å². The first-order valence-corrected chi connectivity index (χ1v) is 31.9. The van der Waals surface area contributed by atoms with E-state index in [1.165, 1.54) is 141 Å². The molecule has 434 valence electrons. The van der Waals surface area contributed by atoms with Gasteiger partial charge in [0.25, 0.3) is 0 Å². The van der Waals surface area contributed by atoms with Crippen molar-refractivity contribution in [3.05, 3.63) is 109 Å².